The highest BCUT2D eigenvalue weighted by molar-refractivity contribution is 6.03. The number of aromatic nitrogens is 3. The average Bonchev–Trinajstić information content (AvgIpc) is 3.21. The first-order valence-corrected chi connectivity index (χ1v) is 10.5. The van der Waals surface area contributed by atoms with Crippen LogP contribution in [0, 0.1) is 13.8 Å². The molecule has 1 aliphatic heterocycles. The summed E-state index contributed by atoms with van der Waals surface area (Å²) in [6, 6.07) is 25.8. The fraction of sp³-hybridized carbons (Fsp3) is 0.115. The van der Waals surface area contributed by atoms with E-state index in [0.29, 0.717) is 11.5 Å². The van der Waals surface area contributed by atoms with Crippen LogP contribution in [0.5, 0.6) is 0 Å². The lowest BCUT2D eigenvalue weighted by molar-refractivity contribution is 0.102. The molecule has 7 heteroatoms. The molecular formula is C26H24ClN5O. The number of carbonyl (C=O) groups excluding carboxylic acids is 1. The molecule has 0 fully saturated rings. The van der Waals surface area contributed by atoms with Crippen LogP contribution in [-0.4, -0.2) is 20.7 Å². The van der Waals surface area contributed by atoms with Crippen molar-refractivity contribution in [3.63, 3.8) is 0 Å². The van der Waals surface area contributed by atoms with Gasteiger partial charge in [0.25, 0.3) is 11.9 Å². The van der Waals surface area contributed by atoms with Gasteiger partial charge in [-0.1, -0.05) is 77.9 Å². The third-order valence-corrected chi connectivity index (χ3v) is 5.48. The van der Waals surface area contributed by atoms with Crippen molar-refractivity contribution in [1.82, 2.24) is 14.8 Å². The van der Waals surface area contributed by atoms with Crippen LogP contribution in [0.4, 0.5) is 11.9 Å². The topological polar surface area (TPSA) is 71.8 Å². The standard InChI is InChI=1S/C26H23N5O.ClH/c1-17-11-13-19(14-12-17)22-16-23(20-8-4-3-5-9-20)31-26(27-22)29-25(30-31)28-24(32)21-10-6-7-18(2)15-21;/h3-16,23H,1-2H3,(H2,27,28,29,30,32);1H. The molecule has 1 aromatic heterocycles. The van der Waals surface area contributed by atoms with E-state index in [1.807, 2.05) is 43.3 Å². The maximum absolute atomic E-state index is 12.7. The van der Waals surface area contributed by atoms with Crippen LogP contribution in [0.15, 0.2) is 84.9 Å². The summed E-state index contributed by atoms with van der Waals surface area (Å²) in [5.74, 6) is 0.606. The van der Waals surface area contributed by atoms with Crippen LogP contribution < -0.4 is 10.6 Å². The Labute approximate surface area is 198 Å². The molecule has 4 aromatic rings. The van der Waals surface area contributed by atoms with Crippen LogP contribution in [0.3, 0.4) is 0 Å². The lowest BCUT2D eigenvalue weighted by Crippen LogP contribution is -2.20. The van der Waals surface area contributed by atoms with Crippen molar-refractivity contribution in [2.45, 2.75) is 19.9 Å². The normalized spacial score (nSPS) is 14.4. The number of allylic oxidation sites excluding steroid dienone is 1. The van der Waals surface area contributed by atoms with Crippen molar-refractivity contribution in [1.29, 1.82) is 0 Å². The van der Waals surface area contributed by atoms with E-state index in [1.165, 1.54) is 5.56 Å². The van der Waals surface area contributed by atoms with Gasteiger partial charge in [0.15, 0.2) is 0 Å². The summed E-state index contributed by atoms with van der Waals surface area (Å²) >= 11 is 0. The monoisotopic (exact) mass is 457 g/mol. The zero-order chi connectivity index (χ0) is 22.1. The number of anilines is 2. The Kier molecular flexibility index (Phi) is 6.29. The summed E-state index contributed by atoms with van der Waals surface area (Å²) in [5, 5.41) is 10.8. The summed E-state index contributed by atoms with van der Waals surface area (Å²) in [6.07, 6.45) is 2.13. The maximum atomic E-state index is 12.7. The molecule has 1 atom stereocenters. The molecule has 0 saturated carbocycles. The van der Waals surface area contributed by atoms with E-state index in [9.17, 15) is 4.79 Å². The number of halogens is 1. The maximum Gasteiger partial charge on any atom is 0.258 e. The second-order valence-corrected chi connectivity index (χ2v) is 7.95. The Morgan fingerprint density at radius 2 is 1.70 bits per heavy atom. The lowest BCUT2D eigenvalue weighted by Gasteiger charge is -2.24. The summed E-state index contributed by atoms with van der Waals surface area (Å²) in [4.78, 5) is 17.3. The number of hydrogen-bond acceptors (Lipinski definition) is 4. The SMILES string of the molecule is Cc1ccc(C2=CC(c3ccccc3)n3nc(NC(=O)c4cccc(C)c4)nc3N2)cc1.Cl. The highest BCUT2D eigenvalue weighted by Gasteiger charge is 2.25. The number of fused-ring (bicyclic) bond motifs is 1. The second-order valence-electron chi connectivity index (χ2n) is 7.95. The molecule has 166 valence electrons. The number of benzene rings is 3. The number of nitrogens with zero attached hydrogens (tertiary/aromatic N) is 3. The molecule has 2 heterocycles. The molecule has 1 amide bonds. The smallest absolute Gasteiger partial charge is 0.258 e. The van der Waals surface area contributed by atoms with Crippen LogP contribution >= 0.6 is 12.4 Å². The molecule has 1 aliphatic rings. The van der Waals surface area contributed by atoms with Crippen LogP contribution in [0.2, 0.25) is 0 Å². The largest absolute Gasteiger partial charge is 0.324 e. The zero-order valence-corrected chi connectivity index (χ0v) is 19.1. The minimum Gasteiger partial charge on any atom is -0.324 e. The molecule has 2 N–H and O–H groups in total. The Balaban J connectivity index is 0.00000259. The third kappa shape index (κ3) is 4.66. The van der Waals surface area contributed by atoms with Gasteiger partial charge in [0, 0.05) is 11.3 Å². The van der Waals surface area contributed by atoms with Crippen LogP contribution in [-0.2, 0) is 0 Å². The van der Waals surface area contributed by atoms with Gasteiger partial charge in [-0.05, 0) is 43.2 Å². The van der Waals surface area contributed by atoms with Crippen molar-refractivity contribution >= 4 is 35.9 Å². The van der Waals surface area contributed by atoms with Crippen LogP contribution in [0.1, 0.15) is 38.7 Å². The molecule has 33 heavy (non-hydrogen) atoms. The first-order valence-electron chi connectivity index (χ1n) is 10.5. The van der Waals surface area contributed by atoms with Gasteiger partial charge in [-0.15, -0.1) is 17.5 Å². The van der Waals surface area contributed by atoms with Gasteiger partial charge in [-0.2, -0.15) is 4.98 Å². The average molecular weight is 458 g/mol. The highest BCUT2D eigenvalue weighted by atomic mass is 35.5. The van der Waals surface area contributed by atoms with Crippen molar-refractivity contribution in [2.75, 3.05) is 10.6 Å². The summed E-state index contributed by atoms with van der Waals surface area (Å²) in [6.45, 7) is 4.02. The molecule has 0 saturated heterocycles. The lowest BCUT2D eigenvalue weighted by atomic mass is 10.0. The molecule has 0 radical (unpaired) electrons. The molecule has 0 bridgehead atoms. The van der Waals surface area contributed by atoms with Crippen molar-refractivity contribution in [2.24, 2.45) is 0 Å². The summed E-state index contributed by atoms with van der Waals surface area (Å²) in [5.41, 5.74) is 5.90. The fourth-order valence-corrected chi connectivity index (χ4v) is 3.80. The quantitative estimate of drug-likeness (QED) is 0.417. The Morgan fingerprint density at radius 1 is 0.939 bits per heavy atom. The third-order valence-electron chi connectivity index (χ3n) is 5.48. The number of carbonyl (C=O) groups is 1. The molecule has 0 spiro atoms. The summed E-state index contributed by atoms with van der Waals surface area (Å²) in [7, 11) is 0. The number of amides is 1. The van der Waals surface area contributed by atoms with Gasteiger partial charge in [0.05, 0.1) is 0 Å². The second kappa shape index (κ2) is 9.30. The van der Waals surface area contributed by atoms with Gasteiger partial charge in [-0.25, -0.2) is 4.68 Å². The zero-order valence-electron chi connectivity index (χ0n) is 18.3. The van der Waals surface area contributed by atoms with E-state index in [4.69, 9.17) is 0 Å². The molecule has 3 aromatic carbocycles. The number of aryl methyl sites for hydroxylation is 2. The number of hydrogen-bond donors (Lipinski definition) is 2. The van der Waals surface area contributed by atoms with E-state index >= 15 is 0 Å². The Morgan fingerprint density at radius 3 is 2.42 bits per heavy atom. The number of rotatable bonds is 4. The van der Waals surface area contributed by atoms with Gasteiger partial charge in [0.2, 0.25) is 5.95 Å². The predicted octanol–water partition coefficient (Wildman–Crippen LogP) is 5.63. The van der Waals surface area contributed by atoms with Gasteiger partial charge >= 0.3 is 0 Å². The van der Waals surface area contributed by atoms with Crippen molar-refractivity contribution in [3.8, 4) is 0 Å². The Hall–Kier alpha value is -3.90. The molecule has 5 rings (SSSR count). The van der Waals surface area contributed by atoms with Gasteiger partial charge < -0.3 is 5.32 Å². The van der Waals surface area contributed by atoms with Crippen LogP contribution in [0.25, 0.3) is 5.70 Å². The van der Waals surface area contributed by atoms with E-state index in [2.05, 4.69) is 70.1 Å². The molecular weight excluding hydrogens is 434 g/mol. The highest BCUT2D eigenvalue weighted by Crippen LogP contribution is 2.33. The first kappa shape index (κ1) is 22.3. The fourth-order valence-electron chi connectivity index (χ4n) is 3.80. The predicted molar refractivity (Wildman–Crippen MR) is 134 cm³/mol. The minimum atomic E-state index is -0.236. The van der Waals surface area contributed by atoms with E-state index in [-0.39, 0.29) is 30.3 Å². The van der Waals surface area contributed by atoms with E-state index < -0.39 is 0 Å². The van der Waals surface area contributed by atoms with Gasteiger partial charge in [0.1, 0.15) is 6.04 Å². The molecule has 0 aliphatic carbocycles. The number of nitrogens with one attached hydrogen (secondary N) is 2. The first-order chi connectivity index (χ1) is 15.6. The van der Waals surface area contributed by atoms with Gasteiger partial charge in [-0.3, -0.25) is 10.1 Å². The Bertz CT molecular complexity index is 1310. The molecule has 1 unspecified atom stereocenters. The molecule has 6 nitrogen and oxygen atoms in total. The van der Waals surface area contributed by atoms with Crippen molar-refractivity contribution < 1.29 is 4.79 Å². The van der Waals surface area contributed by atoms with E-state index in [0.717, 1.165) is 22.4 Å². The summed E-state index contributed by atoms with van der Waals surface area (Å²) < 4.78 is 1.80. The van der Waals surface area contributed by atoms with Crippen molar-refractivity contribution in [3.05, 3.63) is 113 Å². The minimum absolute atomic E-state index is 0. The van der Waals surface area contributed by atoms with E-state index in [1.54, 1.807) is 10.7 Å².